The SMILES string of the molecule is CCO[C@H]1CN(c2ccccn2)CC1Nc1c(C)nc(-c2ccc(OC)cc2Cl)n(CC)c1=O. The van der Waals surface area contributed by atoms with Crippen LogP contribution < -0.4 is 20.5 Å². The number of nitrogens with one attached hydrogen (secondary N) is 1. The Morgan fingerprint density at radius 1 is 1.21 bits per heavy atom. The molecular formula is C25H30ClN5O3. The van der Waals surface area contributed by atoms with Crippen molar-refractivity contribution in [1.29, 1.82) is 0 Å². The van der Waals surface area contributed by atoms with Gasteiger partial charge in [-0.1, -0.05) is 17.7 Å². The molecule has 2 aromatic heterocycles. The summed E-state index contributed by atoms with van der Waals surface area (Å²) in [5.41, 5.74) is 1.64. The maximum atomic E-state index is 13.6. The number of aryl methyl sites for hydroxylation is 1. The van der Waals surface area contributed by atoms with Crippen LogP contribution in [0.1, 0.15) is 19.5 Å². The first-order chi connectivity index (χ1) is 16.5. The van der Waals surface area contributed by atoms with E-state index in [1.54, 1.807) is 23.9 Å². The van der Waals surface area contributed by atoms with Crippen molar-refractivity contribution < 1.29 is 9.47 Å². The molecule has 0 amide bonds. The lowest BCUT2D eigenvalue weighted by molar-refractivity contribution is 0.0720. The first-order valence-corrected chi connectivity index (χ1v) is 11.8. The van der Waals surface area contributed by atoms with Crippen LogP contribution in [-0.4, -0.2) is 53.5 Å². The second-order valence-electron chi connectivity index (χ2n) is 8.13. The molecule has 0 spiro atoms. The van der Waals surface area contributed by atoms with Crippen molar-refractivity contribution in [1.82, 2.24) is 14.5 Å². The van der Waals surface area contributed by atoms with Gasteiger partial charge in [0.1, 0.15) is 23.1 Å². The number of ether oxygens (including phenoxy) is 2. The van der Waals surface area contributed by atoms with Gasteiger partial charge in [0.15, 0.2) is 0 Å². The lowest BCUT2D eigenvalue weighted by atomic mass is 10.1. The van der Waals surface area contributed by atoms with E-state index in [0.29, 0.717) is 59.8 Å². The van der Waals surface area contributed by atoms with E-state index in [1.807, 2.05) is 51.1 Å². The van der Waals surface area contributed by atoms with Gasteiger partial charge in [-0.2, -0.15) is 0 Å². The normalized spacial score (nSPS) is 17.7. The number of methoxy groups -OCH3 is 1. The molecule has 1 N–H and O–H groups in total. The van der Waals surface area contributed by atoms with Crippen LogP contribution in [0.3, 0.4) is 0 Å². The Kier molecular flexibility index (Phi) is 7.38. The number of anilines is 2. The summed E-state index contributed by atoms with van der Waals surface area (Å²) in [7, 11) is 1.59. The molecule has 1 aromatic carbocycles. The maximum absolute atomic E-state index is 13.6. The highest BCUT2D eigenvalue weighted by atomic mass is 35.5. The maximum Gasteiger partial charge on any atom is 0.277 e. The van der Waals surface area contributed by atoms with Crippen LogP contribution in [0.2, 0.25) is 5.02 Å². The number of aromatic nitrogens is 3. The zero-order valence-corrected chi connectivity index (χ0v) is 20.7. The van der Waals surface area contributed by atoms with Gasteiger partial charge in [0.2, 0.25) is 0 Å². The van der Waals surface area contributed by atoms with Gasteiger partial charge in [-0.15, -0.1) is 0 Å². The number of nitrogens with zero attached hydrogens (tertiary/aromatic N) is 4. The minimum absolute atomic E-state index is 0.0865. The smallest absolute Gasteiger partial charge is 0.277 e. The third-order valence-electron chi connectivity index (χ3n) is 6.03. The number of hydrogen-bond donors (Lipinski definition) is 1. The molecule has 2 atom stereocenters. The van der Waals surface area contributed by atoms with E-state index in [0.717, 1.165) is 5.82 Å². The van der Waals surface area contributed by atoms with Crippen molar-refractivity contribution in [2.45, 2.75) is 39.5 Å². The van der Waals surface area contributed by atoms with Gasteiger partial charge in [-0.25, -0.2) is 9.97 Å². The van der Waals surface area contributed by atoms with Gasteiger partial charge in [0, 0.05) is 38.0 Å². The second-order valence-corrected chi connectivity index (χ2v) is 8.54. The van der Waals surface area contributed by atoms with E-state index in [4.69, 9.17) is 26.1 Å². The van der Waals surface area contributed by atoms with Crippen LogP contribution in [0.4, 0.5) is 11.5 Å². The number of halogens is 1. The summed E-state index contributed by atoms with van der Waals surface area (Å²) < 4.78 is 12.9. The summed E-state index contributed by atoms with van der Waals surface area (Å²) >= 11 is 6.50. The first-order valence-electron chi connectivity index (χ1n) is 11.5. The molecule has 4 rings (SSSR count). The van der Waals surface area contributed by atoms with E-state index in [1.165, 1.54) is 0 Å². The van der Waals surface area contributed by atoms with Crippen LogP contribution in [0.5, 0.6) is 5.75 Å². The average Bonchev–Trinajstić information content (AvgIpc) is 3.24. The summed E-state index contributed by atoms with van der Waals surface area (Å²) in [6.45, 7) is 8.14. The highest BCUT2D eigenvalue weighted by molar-refractivity contribution is 6.33. The molecule has 8 nitrogen and oxygen atoms in total. The molecule has 1 saturated heterocycles. The molecule has 0 radical (unpaired) electrons. The van der Waals surface area contributed by atoms with Crippen LogP contribution in [-0.2, 0) is 11.3 Å². The quantitative estimate of drug-likeness (QED) is 0.518. The minimum Gasteiger partial charge on any atom is -0.497 e. The van der Waals surface area contributed by atoms with E-state index in [-0.39, 0.29) is 17.7 Å². The third-order valence-corrected chi connectivity index (χ3v) is 6.35. The predicted molar refractivity (Wildman–Crippen MR) is 135 cm³/mol. The summed E-state index contributed by atoms with van der Waals surface area (Å²) in [6, 6.07) is 11.1. The predicted octanol–water partition coefficient (Wildman–Crippen LogP) is 4.00. The van der Waals surface area contributed by atoms with E-state index >= 15 is 0 Å². The molecule has 0 aliphatic carbocycles. The molecule has 1 fully saturated rings. The largest absolute Gasteiger partial charge is 0.497 e. The lowest BCUT2D eigenvalue weighted by Gasteiger charge is -2.22. The van der Waals surface area contributed by atoms with Crippen molar-refractivity contribution in [3.8, 4) is 17.1 Å². The van der Waals surface area contributed by atoms with Crippen LogP contribution in [0, 0.1) is 6.92 Å². The molecular weight excluding hydrogens is 454 g/mol. The zero-order valence-electron chi connectivity index (χ0n) is 19.9. The fourth-order valence-corrected chi connectivity index (χ4v) is 4.59. The first kappa shape index (κ1) is 24.0. The molecule has 1 unspecified atom stereocenters. The van der Waals surface area contributed by atoms with Crippen LogP contribution in [0.15, 0.2) is 47.4 Å². The van der Waals surface area contributed by atoms with Crippen molar-refractivity contribution in [3.05, 3.63) is 63.7 Å². The van der Waals surface area contributed by atoms with Crippen LogP contribution in [0.25, 0.3) is 11.4 Å². The minimum atomic E-state index is -0.136. The van der Waals surface area contributed by atoms with Gasteiger partial charge in [-0.05, 0) is 51.1 Å². The number of benzene rings is 1. The van der Waals surface area contributed by atoms with Gasteiger partial charge >= 0.3 is 0 Å². The molecule has 9 heteroatoms. The Morgan fingerprint density at radius 2 is 2.03 bits per heavy atom. The summed E-state index contributed by atoms with van der Waals surface area (Å²) in [5, 5.41) is 3.93. The number of hydrogen-bond acceptors (Lipinski definition) is 7. The van der Waals surface area contributed by atoms with Gasteiger partial charge in [0.05, 0.1) is 30.0 Å². The molecule has 3 heterocycles. The monoisotopic (exact) mass is 483 g/mol. The highest BCUT2D eigenvalue weighted by Crippen LogP contribution is 2.31. The van der Waals surface area contributed by atoms with E-state index in [9.17, 15) is 4.79 Å². The Labute approximate surface area is 204 Å². The van der Waals surface area contributed by atoms with Gasteiger partial charge < -0.3 is 19.7 Å². The van der Waals surface area contributed by atoms with Gasteiger partial charge in [-0.3, -0.25) is 9.36 Å². The van der Waals surface area contributed by atoms with Gasteiger partial charge in [0.25, 0.3) is 5.56 Å². The fourth-order valence-electron chi connectivity index (χ4n) is 4.34. The molecule has 0 bridgehead atoms. The number of pyridine rings is 1. The Hall–Kier alpha value is -3.10. The lowest BCUT2D eigenvalue weighted by Crippen LogP contribution is -2.38. The van der Waals surface area contributed by atoms with E-state index in [2.05, 4.69) is 15.2 Å². The third kappa shape index (κ3) is 4.74. The zero-order chi connectivity index (χ0) is 24.2. The van der Waals surface area contributed by atoms with Crippen molar-refractivity contribution >= 4 is 23.1 Å². The molecule has 180 valence electrons. The average molecular weight is 484 g/mol. The second kappa shape index (κ2) is 10.4. The molecule has 0 saturated carbocycles. The van der Waals surface area contributed by atoms with Crippen molar-refractivity contribution in [3.63, 3.8) is 0 Å². The molecule has 1 aliphatic heterocycles. The standard InChI is InChI=1S/C25H30ClN5O3/c1-5-31-24(18-11-10-17(33-4)13-19(18)26)28-16(3)23(25(31)32)29-20-14-30(15-21(20)34-6-2)22-9-7-8-12-27-22/h7-13,20-21,29H,5-6,14-15H2,1-4H3/t20?,21-/m0/s1. The fraction of sp³-hybridized carbons (Fsp3) is 0.400. The summed E-state index contributed by atoms with van der Waals surface area (Å²) in [4.78, 5) is 25.0. The van der Waals surface area contributed by atoms with E-state index < -0.39 is 0 Å². The van der Waals surface area contributed by atoms with Crippen molar-refractivity contribution in [2.75, 3.05) is 37.0 Å². The molecule has 1 aliphatic rings. The van der Waals surface area contributed by atoms with Crippen LogP contribution >= 0.6 is 11.6 Å². The van der Waals surface area contributed by atoms with Crippen molar-refractivity contribution in [2.24, 2.45) is 0 Å². The number of rotatable bonds is 8. The summed E-state index contributed by atoms with van der Waals surface area (Å²) in [6.07, 6.45) is 1.69. The topological polar surface area (TPSA) is 81.5 Å². The molecule has 34 heavy (non-hydrogen) atoms. The highest BCUT2D eigenvalue weighted by Gasteiger charge is 2.35. The Morgan fingerprint density at radius 3 is 2.68 bits per heavy atom. The Bertz CT molecular complexity index is 1200. The Balaban J connectivity index is 1.67. The summed E-state index contributed by atoms with van der Waals surface area (Å²) in [5.74, 6) is 2.07. The molecule has 3 aromatic rings.